The fraction of sp³-hybridized carbons (Fsp3) is 0.263. The van der Waals surface area contributed by atoms with Crippen LogP contribution in [0.1, 0.15) is 35.8 Å². The number of ether oxygens (including phenoxy) is 1. The van der Waals surface area contributed by atoms with Gasteiger partial charge in [-0.05, 0) is 54.8 Å². The van der Waals surface area contributed by atoms with Crippen molar-refractivity contribution in [1.82, 2.24) is 4.98 Å². The van der Waals surface area contributed by atoms with E-state index in [1.165, 1.54) is 0 Å². The number of aryl methyl sites for hydroxylation is 1. The number of hydrogen-bond acceptors (Lipinski definition) is 3. The largest absolute Gasteiger partial charge is 0.489 e. The van der Waals surface area contributed by atoms with Gasteiger partial charge in [-0.15, -0.1) is 0 Å². The molecule has 0 saturated carbocycles. The molecule has 0 bridgehead atoms. The number of ketones is 1. The maximum absolute atomic E-state index is 12.5. The van der Waals surface area contributed by atoms with E-state index >= 15 is 0 Å². The van der Waals surface area contributed by atoms with Crippen molar-refractivity contribution in [3.63, 3.8) is 0 Å². The van der Waals surface area contributed by atoms with Gasteiger partial charge in [0.25, 0.3) is 0 Å². The summed E-state index contributed by atoms with van der Waals surface area (Å²) in [4.78, 5) is 16.4. The first-order valence-electron chi connectivity index (χ1n) is 7.67. The molecule has 0 fully saturated rings. The van der Waals surface area contributed by atoms with E-state index in [1.54, 1.807) is 30.5 Å². The summed E-state index contributed by atoms with van der Waals surface area (Å²) in [7, 11) is 0. The van der Waals surface area contributed by atoms with Crippen LogP contribution in [0.5, 0.6) is 5.75 Å². The van der Waals surface area contributed by atoms with E-state index in [-0.39, 0.29) is 12.4 Å². The average Bonchev–Trinajstić information content (AvgIpc) is 2.62. The number of halogens is 1. The van der Waals surface area contributed by atoms with Gasteiger partial charge in [-0.1, -0.05) is 13.0 Å². The zero-order chi connectivity index (χ0) is 16.5. The second kappa shape index (κ2) is 8.83. The Morgan fingerprint density at radius 2 is 2.00 bits per heavy atom. The van der Waals surface area contributed by atoms with Gasteiger partial charge in [0.2, 0.25) is 0 Å². The van der Waals surface area contributed by atoms with Gasteiger partial charge in [0.05, 0.1) is 6.33 Å². The second-order valence-corrected chi connectivity index (χ2v) is 5.18. The number of carbonyl (C=O) groups excluding carboxylic acids is 1. The Morgan fingerprint density at radius 1 is 1.22 bits per heavy atom. The molecule has 120 valence electrons. The van der Waals surface area contributed by atoms with Crippen LogP contribution in [0.15, 0.2) is 60.6 Å². The highest BCUT2D eigenvalue weighted by molar-refractivity contribution is 5.96. The van der Waals surface area contributed by atoms with Gasteiger partial charge in [-0.3, -0.25) is 9.78 Å². The van der Waals surface area contributed by atoms with E-state index in [1.807, 2.05) is 25.1 Å². The molecule has 2 aromatic rings. The van der Waals surface area contributed by atoms with Gasteiger partial charge < -0.3 is 4.74 Å². The number of carbonyl (C=O) groups is 1. The van der Waals surface area contributed by atoms with Gasteiger partial charge in [0.1, 0.15) is 12.4 Å². The van der Waals surface area contributed by atoms with E-state index in [9.17, 15) is 9.18 Å². The Morgan fingerprint density at radius 3 is 2.61 bits per heavy atom. The molecule has 0 saturated heterocycles. The van der Waals surface area contributed by atoms with E-state index in [0.717, 1.165) is 5.69 Å². The lowest BCUT2D eigenvalue weighted by atomic mass is 10.1. The minimum Gasteiger partial charge on any atom is -0.489 e. The Kier molecular flexibility index (Phi) is 6.48. The summed E-state index contributed by atoms with van der Waals surface area (Å²) in [5.41, 5.74) is 2.15. The van der Waals surface area contributed by atoms with Gasteiger partial charge in [0, 0.05) is 23.9 Å². The summed E-state index contributed by atoms with van der Waals surface area (Å²) in [5, 5.41) is 0. The van der Waals surface area contributed by atoms with Crippen LogP contribution in [0.4, 0.5) is 4.39 Å². The maximum atomic E-state index is 12.5. The number of rotatable bonds is 8. The molecular weight excluding hydrogens is 293 g/mol. The van der Waals surface area contributed by atoms with Gasteiger partial charge >= 0.3 is 0 Å². The Hall–Kier alpha value is -2.49. The first-order chi connectivity index (χ1) is 11.2. The quantitative estimate of drug-likeness (QED) is 0.672. The second-order valence-electron chi connectivity index (χ2n) is 5.18. The molecule has 0 aliphatic rings. The summed E-state index contributed by atoms with van der Waals surface area (Å²) in [6, 6.07) is 12.6. The summed E-state index contributed by atoms with van der Waals surface area (Å²) in [5.74, 6) is 0.694. The Labute approximate surface area is 135 Å². The molecule has 0 amide bonds. The van der Waals surface area contributed by atoms with Crippen LogP contribution in [0, 0.1) is 0 Å². The van der Waals surface area contributed by atoms with Crippen molar-refractivity contribution in [2.75, 3.05) is 6.61 Å². The topological polar surface area (TPSA) is 39.2 Å². The lowest BCUT2D eigenvalue weighted by molar-refractivity contribution is 0.0982. The standard InChI is InChI=1S/C19H20FNO2/c1-2-15(13-20)14-23-18-9-6-16(7-10-18)19(22)11-8-17-5-3-4-12-21-17/h3-7,9-10,12-13H,2,8,11,14H2,1H3. The Balaban J connectivity index is 1.87. The summed E-state index contributed by atoms with van der Waals surface area (Å²) >= 11 is 0. The molecule has 0 aliphatic heterocycles. The molecule has 0 atom stereocenters. The van der Waals surface area contributed by atoms with Gasteiger partial charge in [0.15, 0.2) is 5.78 Å². The highest BCUT2D eigenvalue weighted by atomic mass is 19.1. The summed E-state index contributed by atoms with van der Waals surface area (Å²) in [6.07, 6.45) is 3.96. The van der Waals surface area contributed by atoms with E-state index in [2.05, 4.69) is 4.98 Å². The molecule has 0 spiro atoms. The first-order valence-corrected chi connectivity index (χ1v) is 7.67. The molecular formula is C19H20FNO2. The average molecular weight is 313 g/mol. The highest BCUT2D eigenvalue weighted by Crippen LogP contribution is 2.16. The van der Waals surface area contributed by atoms with Crippen molar-refractivity contribution in [1.29, 1.82) is 0 Å². The smallest absolute Gasteiger partial charge is 0.163 e. The number of aromatic nitrogens is 1. The third-order valence-corrected chi connectivity index (χ3v) is 3.54. The van der Waals surface area contributed by atoms with Crippen molar-refractivity contribution < 1.29 is 13.9 Å². The molecule has 23 heavy (non-hydrogen) atoms. The fourth-order valence-electron chi connectivity index (χ4n) is 2.06. The molecule has 2 rings (SSSR count). The number of hydrogen-bond donors (Lipinski definition) is 0. The van der Waals surface area contributed by atoms with E-state index in [0.29, 0.717) is 42.5 Å². The summed E-state index contributed by atoms with van der Waals surface area (Å²) < 4.78 is 17.9. The normalized spacial score (nSPS) is 11.3. The zero-order valence-electron chi connectivity index (χ0n) is 13.2. The fourth-order valence-corrected chi connectivity index (χ4v) is 2.06. The number of nitrogens with zero attached hydrogens (tertiary/aromatic N) is 1. The molecule has 1 aromatic carbocycles. The number of benzene rings is 1. The SMILES string of the molecule is CCC(=CF)COc1ccc(C(=O)CCc2ccccn2)cc1. The van der Waals surface area contributed by atoms with Crippen molar-refractivity contribution in [2.45, 2.75) is 26.2 Å². The lowest BCUT2D eigenvalue weighted by Gasteiger charge is -2.08. The highest BCUT2D eigenvalue weighted by Gasteiger charge is 2.07. The van der Waals surface area contributed by atoms with Gasteiger partial charge in [-0.25, -0.2) is 4.39 Å². The monoisotopic (exact) mass is 313 g/mol. The predicted molar refractivity (Wildman–Crippen MR) is 88.3 cm³/mol. The van der Waals surface area contributed by atoms with Crippen LogP contribution in [-0.2, 0) is 6.42 Å². The molecule has 0 N–H and O–H groups in total. The van der Waals surface area contributed by atoms with Crippen LogP contribution < -0.4 is 4.74 Å². The number of pyridine rings is 1. The van der Waals surface area contributed by atoms with Crippen molar-refractivity contribution in [3.05, 3.63) is 71.8 Å². The van der Waals surface area contributed by atoms with Gasteiger partial charge in [-0.2, -0.15) is 0 Å². The Bertz CT molecular complexity index is 651. The molecule has 0 radical (unpaired) electrons. The van der Waals surface area contributed by atoms with Crippen LogP contribution in [0.3, 0.4) is 0 Å². The molecule has 3 nitrogen and oxygen atoms in total. The van der Waals surface area contributed by atoms with Crippen molar-refractivity contribution >= 4 is 5.78 Å². The van der Waals surface area contributed by atoms with E-state index < -0.39 is 0 Å². The van der Waals surface area contributed by atoms with Crippen LogP contribution >= 0.6 is 0 Å². The third kappa shape index (κ3) is 5.33. The molecule has 4 heteroatoms. The number of Topliss-reactive ketones (excluding diaryl/α,β-unsaturated/α-hetero) is 1. The van der Waals surface area contributed by atoms with Crippen molar-refractivity contribution in [3.8, 4) is 5.75 Å². The van der Waals surface area contributed by atoms with Crippen LogP contribution in [0.25, 0.3) is 0 Å². The van der Waals surface area contributed by atoms with Crippen LogP contribution in [0.2, 0.25) is 0 Å². The minimum atomic E-state index is 0.0695. The zero-order valence-corrected chi connectivity index (χ0v) is 13.2. The molecule has 0 unspecified atom stereocenters. The summed E-state index contributed by atoms with van der Waals surface area (Å²) in [6.45, 7) is 2.10. The maximum Gasteiger partial charge on any atom is 0.163 e. The predicted octanol–water partition coefficient (Wildman–Crippen LogP) is 4.54. The van der Waals surface area contributed by atoms with E-state index in [4.69, 9.17) is 4.74 Å². The first kappa shape index (κ1) is 16.9. The third-order valence-electron chi connectivity index (χ3n) is 3.54. The van der Waals surface area contributed by atoms with Crippen molar-refractivity contribution in [2.24, 2.45) is 0 Å². The molecule has 1 aromatic heterocycles. The minimum absolute atomic E-state index is 0.0695. The van der Waals surface area contributed by atoms with Crippen LogP contribution in [-0.4, -0.2) is 17.4 Å². The molecule has 0 aliphatic carbocycles. The lowest BCUT2D eigenvalue weighted by Crippen LogP contribution is -2.03. The molecule has 1 heterocycles.